The van der Waals surface area contributed by atoms with Crippen LogP contribution in [0.3, 0.4) is 0 Å². The van der Waals surface area contributed by atoms with E-state index in [-0.39, 0.29) is 25.4 Å². The van der Waals surface area contributed by atoms with E-state index in [1.54, 1.807) is 18.2 Å². The van der Waals surface area contributed by atoms with Crippen LogP contribution in [0.5, 0.6) is 5.75 Å². The molecule has 0 spiro atoms. The standard InChI is InChI=1S/C21H24ClN3O4/c1-13-4-7-18(15(3)10-13)23-19(26)8-9-20(27)24-25-21(28)12-29-16-5-6-17(22)14(2)11-16/h4-7,10-11H,8-9,12H2,1-3H3,(H,23,26)(H,24,27)(H,25,28). The highest BCUT2D eigenvalue weighted by Gasteiger charge is 2.10. The van der Waals surface area contributed by atoms with Gasteiger partial charge in [-0.05, 0) is 56.2 Å². The van der Waals surface area contributed by atoms with Crippen molar-refractivity contribution in [1.82, 2.24) is 10.9 Å². The fraction of sp³-hybridized carbons (Fsp3) is 0.286. The van der Waals surface area contributed by atoms with Gasteiger partial charge in [0.15, 0.2) is 6.61 Å². The highest BCUT2D eigenvalue weighted by molar-refractivity contribution is 6.31. The van der Waals surface area contributed by atoms with Gasteiger partial charge in [0.05, 0.1) is 0 Å². The van der Waals surface area contributed by atoms with E-state index in [1.165, 1.54) is 0 Å². The Morgan fingerprint density at radius 3 is 2.24 bits per heavy atom. The highest BCUT2D eigenvalue weighted by Crippen LogP contribution is 2.20. The first kappa shape index (κ1) is 22.2. The van der Waals surface area contributed by atoms with Crippen molar-refractivity contribution in [2.75, 3.05) is 11.9 Å². The topological polar surface area (TPSA) is 96.5 Å². The minimum absolute atomic E-state index is 0.00439. The molecule has 3 N–H and O–H groups in total. The summed E-state index contributed by atoms with van der Waals surface area (Å²) in [5, 5.41) is 3.38. The van der Waals surface area contributed by atoms with Crippen LogP contribution in [0.2, 0.25) is 5.02 Å². The molecule has 0 aromatic heterocycles. The molecule has 0 aliphatic rings. The summed E-state index contributed by atoms with van der Waals surface area (Å²) in [7, 11) is 0. The van der Waals surface area contributed by atoms with Crippen LogP contribution in [0.4, 0.5) is 5.69 Å². The van der Waals surface area contributed by atoms with Gasteiger partial charge in [0.25, 0.3) is 5.91 Å². The van der Waals surface area contributed by atoms with Gasteiger partial charge >= 0.3 is 0 Å². The Morgan fingerprint density at radius 1 is 0.862 bits per heavy atom. The van der Waals surface area contributed by atoms with Gasteiger partial charge in [-0.15, -0.1) is 0 Å². The van der Waals surface area contributed by atoms with Crippen LogP contribution >= 0.6 is 11.6 Å². The number of ether oxygens (including phenoxy) is 1. The van der Waals surface area contributed by atoms with E-state index in [2.05, 4.69) is 16.2 Å². The maximum atomic E-state index is 12.0. The minimum atomic E-state index is -0.523. The molecule has 0 bridgehead atoms. The summed E-state index contributed by atoms with van der Waals surface area (Å²) < 4.78 is 5.33. The second-order valence-electron chi connectivity index (χ2n) is 6.66. The third-order valence-corrected chi connectivity index (χ3v) is 4.50. The van der Waals surface area contributed by atoms with Crippen molar-refractivity contribution >= 4 is 35.0 Å². The Bertz CT molecular complexity index is 915. The molecule has 2 aromatic carbocycles. The molecule has 0 saturated heterocycles. The van der Waals surface area contributed by atoms with Gasteiger partial charge in [-0.2, -0.15) is 0 Å². The number of carbonyl (C=O) groups is 3. The number of benzene rings is 2. The summed E-state index contributed by atoms with van der Waals surface area (Å²) in [6.45, 7) is 5.43. The third-order valence-electron chi connectivity index (χ3n) is 4.08. The van der Waals surface area contributed by atoms with Crippen molar-refractivity contribution in [3.8, 4) is 5.75 Å². The van der Waals surface area contributed by atoms with Crippen molar-refractivity contribution in [3.63, 3.8) is 0 Å². The molecular weight excluding hydrogens is 394 g/mol. The molecule has 8 heteroatoms. The molecule has 0 saturated carbocycles. The van der Waals surface area contributed by atoms with Crippen molar-refractivity contribution in [2.45, 2.75) is 33.6 Å². The number of halogens is 1. The number of amides is 3. The van der Waals surface area contributed by atoms with Crippen LogP contribution in [0.15, 0.2) is 36.4 Å². The van der Waals surface area contributed by atoms with E-state index in [4.69, 9.17) is 16.3 Å². The van der Waals surface area contributed by atoms with Crippen LogP contribution < -0.4 is 20.9 Å². The molecule has 2 rings (SSSR count). The first-order valence-electron chi connectivity index (χ1n) is 9.08. The summed E-state index contributed by atoms with van der Waals surface area (Å²) in [5.41, 5.74) is 8.10. The molecule has 0 atom stereocenters. The number of hydrazine groups is 1. The zero-order chi connectivity index (χ0) is 21.4. The molecule has 3 amide bonds. The van der Waals surface area contributed by atoms with Gasteiger partial charge in [-0.25, -0.2) is 0 Å². The molecule has 2 aromatic rings. The predicted molar refractivity (Wildman–Crippen MR) is 112 cm³/mol. The highest BCUT2D eigenvalue weighted by atomic mass is 35.5. The van der Waals surface area contributed by atoms with E-state index >= 15 is 0 Å². The fourth-order valence-corrected chi connectivity index (χ4v) is 2.61. The van der Waals surface area contributed by atoms with Crippen LogP contribution in [-0.2, 0) is 14.4 Å². The Morgan fingerprint density at radius 2 is 1.55 bits per heavy atom. The van der Waals surface area contributed by atoms with Crippen molar-refractivity contribution in [1.29, 1.82) is 0 Å². The molecule has 0 heterocycles. The Hall–Kier alpha value is -3.06. The van der Waals surface area contributed by atoms with E-state index in [0.717, 1.165) is 16.7 Å². The summed E-state index contributed by atoms with van der Waals surface area (Å²) >= 11 is 5.93. The number of carbonyl (C=O) groups excluding carboxylic acids is 3. The zero-order valence-corrected chi connectivity index (χ0v) is 17.4. The van der Waals surface area contributed by atoms with Crippen molar-refractivity contribution in [2.24, 2.45) is 0 Å². The maximum absolute atomic E-state index is 12.0. The van der Waals surface area contributed by atoms with Crippen LogP contribution in [-0.4, -0.2) is 24.3 Å². The van der Waals surface area contributed by atoms with Crippen molar-refractivity contribution in [3.05, 3.63) is 58.1 Å². The largest absolute Gasteiger partial charge is 0.484 e. The SMILES string of the molecule is Cc1ccc(NC(=O)CCC(=O)NNC(=O)COc2ccc(Cl)c(C)c2)c(C)c1. The van der Waals surface area contributed by atoms with Crippen LogP contribution in [0.25, 0.3) is 0 Å². The van der Waals surface area contributed by atoms with Gasteiger partial charge < -0.3 is 10.1 Å². The van der Waals surface area contributed by atoms with E-state index in [0.29, 0.717) is 16.5 Å². The molecule has 0 aliphatic carbocycles. The average molecular weight is 418 g/mol. The lowest BCUT2D eigenvalue weighted by molar-refractivity contribution is -0.130. The molecule has 29 heavy (non-hydrogen) atoms. The lowest BCUT2D eigenvalue weighted by Crippen LogP contribution is -2.44. The number of aryl methyl sites for hydroxylation is 3. The zero-order valence-electron chi connectivity index (χ0n) is 16.6. The van der Waals surface area contributed by atoms with Crippen LogP contribution in [0, 0.1) is 20.8 Å². The van der Waals surface area contributed by atoms with E-state index in [9.17, 15) is 14.4 Å². The number of hydrogen-bond acceptors (Lipinski definition) is 4. The van der Waals surface area contributed by atoms with E-state index in [1.807, 2.05) is 39.0 Å². The Balaban J connectivity index is 1.67. The second kappa shape index (κ2) is 10.5. The van der Waals surface area contributed by atoms with Gasteiger partial charge in [0, 0.05) is 23.6 Å². The van der Waals surface area contributed by atoms with Gasteiger partial charge in [-0.3, -0.25) is 25.2 Å². The lowest BCUT2D eigenvalue weighted by atomic mass is 10.1. The monoisotopic (exact) mass is 417 g/mol. The summed E-state index contributed by atoms with van der Waals surface area (Å²) in [4.78, 5) is 35.6. The van der Waals surface area contributed by atoms with E-state index < -0.39 is 11.8 Å². The Labute approximate surface area is 174 Å². The molecular formula is C21H24ClN3O4. The summed E-state index contributed by atoms with van der Waals surface area (Å²) in [6.07, 6.45) is -0.0656. The average Bonchev–Trinajstić information content (AvgIpc) is 2.67. The maximum Gasteiger partial charge on any atom is 0.276 e. The third kappa shape index (κ3) is 7.46. The molecule has 0 radical (unpaired) electrons. The molecule has 0 unspecified atom stereocenters. The summed E-state index contributed by atoms with van der Waals surface area (Å²) in [6, 6.07) is 10.7. The predicted octanol–water partition coefficient (Wildman–Crippen LogP) is 3.21. The van der Waals surface area contributed by atoms with Gasteiger partial charge in [-0.1, -0.05) is 29.3 Å². The van der Waals surface area contributed by atoms with Gasteiger partial charge in [0.2, 0.25) is 11.8 Å². The van der Waals surface area contributed by atoms with Crippen LogP contribution in [0.1, 0.15) is 29.5 Å². The number of anilines is 1. The second-order valence-corrected chi connectivity index (χ2v) is 7.07. The lowest BCUT2D eigenvalue weighted by Gasteiger charge is -2.10. The minimum Gasteiger partial charge on any atom is -0.484 e. The summed E-state index contributed by atoms with van der Waals surface area (Å²) in [5.74, 6) is -0.779. The molecule has 0 aliphatic heterocycles. The smallest absolute Gasteiger partial charge is 0.276 e. The number of rotatable bonds is 7. The molecule has 7 nitrogen and oxygen atoms in total. The molecule has 0 fully saturated rings. The Kier molecular flexibility index (Phi) is 8.03. The van der Waals surface area contributed by atoms with Gasteiger partial charge in [0.1, 0.15) is 5.75 Å². The quantitative estimate of drug-likeness (QED) is 0.602. The van der Waals surface area contributed by atoms with Crippen molar-refractivity contribution < 1.29 is 19.1 Å². The number of hydrogen-bond donors (Lipinski definition) is 3. The number of nitrogens with one attached hydrogen (secondary N) is 3. The first-order valence-corrected chi connectivity index (χ1v) is 9.46. The fourth-order valence-electron chi connectivity index (χ4n) is 2.49. The molecule has 154 valence electrons. The normalized spacial score (nSPS) is 10.2. The first-order chi connectivity index (χ1) is 13.7.